The van der Waals surface area contributed by atoms with E-state index in [1.807, 2.05) is 11.0 Å². The molecule has 2 fully saturated rings. The Balaban J connectivity index is 1.36. The largest absolute Gasteiger partial charge is 0.454 e. The van der Waals surface area contributed by atoms with E-state index in [1.54, 1.807) is 0 Å². The maximum atomic E-state index is 12.5. The van der Waals surface area contributed by atoms with Gasteiger partial charge in [-0.05, 0) is 43.4 Å². The Morgan fingerprint density at radius 3 is 2.96 bits per heavy atom. The molecule has 1 aromatic rings. The summed E-state index contributed by atoms with van der Waals surface area (Å²) < 4.78 is 16.5. The summed E-state index contributed by atoms with van der Waals surface area (Å²) in [5, 5.41) is 0. The van der Waals surface area contributed by atoms with Crippen molar-refractivity contribution in [1.82, 2.24) is 4.90 Å². The molecule has 1 aromatic carbocycles. The lowest BCUT2D eigenvalue weighted by molar-refractivity contribution is -0.134. The summed E-state index contributed by atoms with van der Waals surface area (Å²) in [6.07, 6.45) is 5.00. The van der Waals surface area contributed by atoms with E-state index in [0.717, 1.165) is 50.5 Å². The van der Waals surface area contributed by atoms with E-state index >= 15 is 0 Å². The van der Waals surface area contributed by atoms with Gasteiger partial charge in [0.15, 0.2) is 11.5 Å². The maximum absolute atomic E-state index is 12.5. The quantitative estimate of drug-likeness (QED) is 0.860. The standard InChI is InChI=1S/C18H23NO4/c20-18(10-15-3-1-2-8-21-15)19-7-6-14(11-19)13-4-5-16-17(9-13)23-12-22-16/h4-5,9,14-15H,1-3,6-8,10-12H2. The molecule has 3 heterocycles. The fourth-order valence-electron chi connectivity index (χ4n) is 3.72. The molecular weight excluding hydrogens is 294 g/mol. The molecule has 0 spiro atoms. The monoisotopic (exact) mass is 317 g/mol. The van der Waals surface area contributed by atoms with Gasteiger partial charge in [-0.3, -0.25) is 4.79 Å². The highest BCUT2D eigenvalue weighted by Crippen LogP contribution is 2.37. The molecule has 0 N–H and O–H groups in total. The first-order chi connectivity index (χ1) is 11.3. The van der Waals surface area contributed by atoms with Gasteiger partial charge in [-0.25, -0.2) is 0 Å². The van der Waals surface area contributed by atoms with Gasteiger partial charge in [0.25, 0.3) is 0 Å². The molecule has 0 radical (unpaired) electrons. The van der Waals surface area contributed by atoms with Gasteiger partial charge in [-0.2, -0.15) is 0 Å². The van der Waals surface area contributed by atoms with Gasteiger partial charge in [0.2, 0.25) is 12.7 Å². The number of amides is 1. The van der Waals surface area contributed by atoms with Crippen molar-refractivity contribution in [2.45, 2.75) is 44.1 Å². The average molecular weight is 317 g/mol. The summed E-state index contributed by atoms with van der Waals surface area (Å²) >= 11 is 0. The zero-order valence-corrected chi connectivity index (χ0v) is 13.3. The zero-order valence-electron chi connectivity index (χ0n) is 13.3. The molecule has 0 aromatic heterocycles. The molecule has 2 saturated heterocycles. The Morgan fingerprint density at radius 2 is 2.09 bits per heavy atom. The molecule has 1 amide bonds. The predicted molar refractivity (Wildman–Crippen MR) is 84.7 cm³/mol. The van der Waals surface area contributed by atoms with E-state index in [1.165, 1.54) is 12.0 Å². The molecule has 2 atom stereocenters. The molecule has 0 aliphatic carbocycles. The predicted octanol–water partition coefficient (Wildman–Crippen LogP) is 2.69. The van der Waals surface area contributed by atoms with Gasteiger partial charge >= 0.3 is 0 Å². The van der Waals surface area contributed by atoms with Crippen LogP contribution in [0.1, 0.15) is 43.6 Å². The molecule has 4 rings (SSSR count). The van der Waals surface area contributed by atoms with Crippen molar-refractivity contribution in [1.29, 1.82) is 0 Å². The Hall–Kier alpha value is -1.75. The number of hydrogen-bond acceptors (Lipinski definition) is 4. The van der Waals surface area contributed by atoms with Gasteiger partial charge in [0.1, 0.15) is 0 Å². The average Bonchev–Trinajstić information content (AvgIpc) is 3.24. The first-order valence-corrected chi connectivity index (χ1v) is 8.58. The van der Waals surface area contributed by atoms with Gasteiger partial charge in [-0.1, -0.05) is 6.07 Å². The summed E-state index contributed by atoms with van der Waals surface area (Å²) in [5.41, 5.74) is 1.23. The lowest BCUT2D eigenvalue weighted by atomic mass is 9.98. The van der Waals surface area contributed by atoms with E-state index in [4.69, 9.17) is 14.2 Å². The van der Waals surface area contributed by atoms with Crippen LogP contribution < -0.4 is 9.47 Å². The van der Waals surface area contributed by atoms with Crippen LogP contribution in [-0.2, 0) is 9.53 Å². The number of carbonyl (C=O) groups excluding carboxylic acids is 1. The van der Waals surface area contributed by atoms with Crippen LogP contribution in [0.25, 0.3) is 0 Å². The van der Waals surface area contributed by atoms with Crippen molar-refractivity contribution in [3.8, 4) is 11.5 Å². The van der Waals surface area contributed by atoms with E-state index in [2.05, 4.69) is 12.1 Å². The van der Waals surface area contributed by atoms with Crippen LogP contribution >= 0.6 is 0 Å². The number of likely N-dealkylation sites (tertiary alicyclic amines) is 1. The second-order valence-corrected chi connectivity index (χ2v) is 6.63. The first kappa shape index (κ1) is 14.8. The minimum absolute atomic E-state index is 0.126. The van der Waals surface area contributed by atoms with Gasteiger partial charge in [0, 0.05) is 25.6 Å². The maximum Gasteiger partial charge on any atom is 0.231 e. The molecule has 2 unspecified atom stereocenters. The molecular formula is C18H23NO4. The second kappa shape index (κ2) is 6.40. The Kier molecular flexibility index (Phi) is 4.12. The molecule has 5 heteroatoms. The van der Waals surface area contributed by atoms with Crippen LogP contribution in [0, 0.1) is 0 Å². The molecule has 5 nitrogen and oxygen atoms in total. The summed E-state index contributed by atoms with van der Waals surface area (Å²) in [7, 11) is 0. The fraction of sp³-hybridized carbons (Fsp3) is 0.611. The van der Waals surface area contributed by atoms with E-state index in [0.29, 0.717) is 19.1 Å². The Labute approximate surface area is 136 Å². The minimum Gasteiger partial charge on any atom is -0.454 e. The third kappa shape index (κ3) is 3.15. The summed E-state index contributed by atoms with van der Waals surface area (Å²) in [5.74, 6) is 2.26. The first-order valence-electron chi connectivity index (χ1n) is 8.58. The Bertz CT molecular complexity index is 582. The van der Waals surface area contributed by atoms with E-state index < -0.39 is 0 Å². The van der Waals surface area contributed by atoms with Crippen LogP contribution in [0.4, 0.5) is 0 Å². The highest BCUT2D eigenvalue weighted by atomic mass is 16.7. The topological polar surface area (TPSA) is 48.0 Å². The number of fused-ring (bicyclic) bond motifs is 1. The van der Waals surface area contributed by atoms with Crippen molar-refractivity contribution in [2.75, 3.05) is 26.5 Å². The lowest BCUT2D eigenvalue weighted by Gasteiger charge is -2.24. The summed E-state index contributed by atoms with van der Waals surface area (Å²) in [6.45, 7) is 2.74. The zero-order chi connectivity index (χ0) is 15.6. The number of rotatable bonds is 3. The number of ether oxygens (including phenoxy) is 3. The number of benzene rings is 1. The number of carbonyl (C=O) groups is 1. The second-order valence-electron chi connectivity index (χ2n) is 6.63. The van der Waals surface area contributed by atoms with E-state index in [9.17, 15) is 4.79 Å². The van der Waals surface area contributed by atoms with Crippen LogP contribution in [-0.4, -0.2) is 43.4 Å². The summed E-state index contributed by atoms with van der Waals surface area (Å²) in [6, 6.07) is 6.12. The van der Waals surface area contributed by atoms with Crippen molar-refractivity contribution in [3.05, 3.63) is 23.8 Å². The van der Waals surface area contributed by atoms with Crippen molar-refractivity contribution in [3.63, 3.8) is 0 Å². The molecule has 124 valence electrons. The SMILES string of the molecule is O=C(CC1CCCCO1)N1CCC(c2ccc3c(c2)OCO3)C1. The smallest absolute Gasteiger partial charge is 0.231 e. The van der Waals surface area contributed by atoms with Crippen LogP contribution in [0.5, 0.6) is 11.5 Å². The third-order valence-corrected chi connectivity index (χ3v) is 5.09. The van der Waals surface area contributed by atoms with Crippen molar-refractivity contribution >= 4 is 5.91 Å². The van der Waals surface area contributed by atoms with Crippen molar-refractivity contribution < 1.29 is 19.0 Å². The summed E-state index contributed by atoms with van der Waals surface area (Å²) in [4.78, 5) is 14.5. The molecule has 3 aliphatic heterocycles. The van der Waals surface area contributed by atoms with Gasteiger partial charge in [0.05, 0.1) is 12.5 Å². The van der Waals surface area contributed by atoms with Gasteiger partial charge < -0.3 is 19.1 Å². The van der Waals surface area contributed by atoms with Crippen LogP contribution in [0.15, 0.2) is 18.2 Å². The number of nitrogens with zero attached hydrogens (tertiary/aromatic N) is 1. The number of hydrogen-bond donors (Lipinski definition) is 0. The third-order valence-electron chi connectivity index (χ3n) is 5.09. The molecule has 23 heavy (non-hydrogen) atoms. The van der Waals surface area contributed by atoms with Gasteiger partial charge in [-0.15, -0.1) is 0 Å². The Morgan fingerprint density at radius 1 is 1.17 bits per heavy atom. The highest BCUT2D eigenvalue weighted by molar-refractivity contribution is 5.77. The minimum atomic E-state index is 0.126. The molecule has 0 bridgehead atoms. The molecule has 0 saturated carbocycles. The normalized spacial score (nSPS) is 26.5. The van der Waals surface area contributed by atoms with Crippen LogP contribution in [0.2, 0.25) is 0 Å². The molecule has 3 aliphatic rings. The van der Waals surface area contributed by atoms with E-state index in [-0.39, 0.29) is 12.0 Å². The highest BCUT2D eigenvalue weighted by Gasteiger charge is 2.30. The van der Waals surface area contributed by atoms with Crippen molar-refractivity contribution in [2.24, 2.45) is 0 Å². The lowest BCUT2D eigenvalue weighted by Crippen LogP contribution is -2.33. The fourth-order valence-corrected chi connectivity index (χ4v) is 3.72. The van der Waals surface area contributed by atoms with Crippen LogP contribution in [0.3, 0.4) is 0 Å².